The molecule has 0 aliphatic carbocycles. The fraction of sp³-hybridized carbons (Fsp3) is 0.125. The van der Waals surface area contributed by atoms with Gasteiger partial charge in [0, 0.05) is 6.20 Å². The van der Waals surface area contributed by atoms with Crippen molar-refractivity contribution >= 4 is 29.3 Å². The zero-order valence-electron chi connectivity index (χ0n) is 8.49. The Balaban J connectivity index is 2.25. The zero-order chi connectivity index (χ0) is 13.3. The van der Waals surface area contributed by atoms with Crippen molar-refractivity contribution in [1.29, 1.82) is 0 Å². The third kappa shape index (κ3) is 2.85. The molecule has 2 heterocycles. The molecule has 0 aliphatic heterocycles. The minimum absolute atomic E-state index is 0.0977. The highest BCUT2D eigenvalue weighted by Gasteiger charge is 2.31. The maximum Gasteiger partial charge on any atom is 0.417 e. The third-order valence-electron chi connectivity index (χ3n) is 1.80. The van der Waals surface area contributed by atoms with E-state index in [4.69, 9.17) is 17.3 Å². The molecule has 0 bridgehead atoms. The predicted molar refractivity (Wildman–Crippen MR) is 59.2 cm³/mol. The van der Waals surface area contributed by atoms with Crippen LogP contribution in [0.1, 0.15) is 5.56 Å². The molecule has 0 atom stereocenters. The van der Waals surface area contributed by atoms with Crippen LogP contribution in [0.2, 0.25) is 5.02 Å². The topological polar surface area (TPSA) is 80.5 Å². The molecule has 2 aromatic heterocycles. The van der Waals surface area contributed by atoms with Crippen molar-refractivity contribution in [2.75, 3.05) is 5.73 Å². The van der Waals surface area contributed by atoms with Crippen LogP contribution in [-0.2, 0) is 6.18 Å². The van der Waals surface area contributed by atoms with Crippen molar-refractivity contribution in [3.05, 3.63) is 22.8 Å². The molecule has 0 unspecified atom stereocenters. The number of nitrogens with two attached hydrogens (primary N) is 1. The highest BCUT2D eigenvalue weighted by molar-refractivity contribution is 7.99. The van der Waals surface area contributed by atoms with Crippen LogP contribution in [0.3, 0.4) is 0 Å². The van der Waals surface area contributed by atoms with Crippen molar-refractivity contribution in [2.45, 2.75) is 16.4 Å². The first-order chi connectivity index (χ1) is 8.36. The number of hydrogen-bond donors (Lipinski definition) is 2. The first-order valence-corrected chi connectivity index (χ1v) is 5.64. The first-order valence-electron chi connectivity index (χ1n) is 4.45. The monoisotopic (exact) mass is 295 g/mol. The Morgan fingerprint density at radius 1 is 1.39 bits per heavy atom. The van der Waals surface area contributed by atoms with E-state index in [1.54, 1.807) is 0 Å². The SMILES string of the molecule is Nc1nc(Sc2ncc(C(F)(F)F)cc2Cl)n[nH]1. The quantitative estimate of drug-likeness (QED) is 0.890. The van der Waals surface area contributed by atoms with Gasteiger partial charge in [-0.1, -0.05) is 11.6 Å². The van der Waals surface area contributed by atoms with Gasteiger partial charge in [-0.15, -0.1) is 5.10 Å². The van der Waals surface area contributed by atoms with Crippen molar-refractivity contribution in [3.8, 4) is 0 Å². The molecule has 96 valence electrons. The fourth-order valence-corrected chi connectivity index (χ4v) is 2.00. The second-order valence-electron chi connectivity index (χ2n) is 3.11. The summed E-state index contributed by atoms with van der Waals surface area (Å²) in [5, 5.41) is 6.36. The predicted octanol–water partition coefficient (Wildman–Crippen LogP) is 2.61. The van der Waals surface area contributed by atoms with Crippen LogP contribution in [0.5, 0.6) is 0 Å². The van der Waals surface area contributed by atoms with Gasteiger partial charge in [0.05, 0.1) is 10.6 Å². The van der Waals surface area contributed by atoms with Crippen LogP contribution >= 0.6 is 23.4 Å². The summed E-state index contributed by atoms with van der Waals surface area (Å²) >= 11 is 6.62. The summed E-state index contributed by atoms with van der Waals surface area (Å²) in [5.74, 6) is 0.0977. The number of nitrogens with one attached hydrogen (secondary N) is 1. The molecule has 0 aliphatic rings. The van der Waals surface area contributed by atoms with Gasteiger partial charge in [0.15, 0.2) is 0 Å². The minimum atomic E-state index is -4.48. The Kier molecular flexibility index (Phi) is 3.35. The van der Waals surface area contributed by atoms with Gasteiger partial charge >= 0.3 is 6.18 Å². The number of pyridine rings is 1. The summed E-state index contributed by atoms with van der Waals surface area (Å²) in [6.45, 7) is 0. The molecule has 18 heavy (non-hydrogen) atoms. The standard InChI is InChI=1S/C8H5ClF3N5S/c9-4-1-3(8(10,11)12)2-14-5(4)18-7-15-6(13)16-17-7/h1-2H,(H3,13,15,16,17). The molecule has 2 aromatic rings. The van der Waals surface area contributed by atoms with E-state index in [-0.39, 0.29) is 21.2 Å². The lowest BCUT2D eigenvalue weighted by molar-refractivity contribution is -0.137. The van der Waals surface area contributed by atoms with E-state index in [1.807, 2.05) is 0 Å². The van der Waals surface area contributed by atoms with Gasteiger partial charge in [0.25, 0.3) is 0 Å². The average molecular weight is 296 g/mol. The summed E-state index contributed by atoms with van der Waals surface area (Å²) in [7, 11) is 0. The zero-order valence-corrected chi connectivity index (χ0v) is 10.1. The fourth-order valence-electron chi connectivity index (χ4n) is 1.05. The van der Waals surface area contributed by atoms with E-state index < -0.39 is 11.7 Å². The second kappa shape index (κ2) is 4.65. The van der Waals surface area contributed by atoms with E-state index in [2.05, 4.69) is 20.2 Å². The van der Waals surface area contributed by atoms with Crippen molar-refractivity contribution < 1.29 is 13.2 Å². The van der Waals surface area contributed by atoms with Gasteiger partial charge in [-0.3, -0.25) is 0 Å². The molecule has 0 amide bonds. The molecule has 0 fully saturated rings. The van der Waals surface area contributed by atoms with Crippen molar-refractivity contribution in [3.63, 3.8) is 0 Å². The Bertz CT molecular complexity index is 570. The number of hydrogen-bond acceptors (Lipinski definition) is 5. The van der Waals surface area contributed by atoms with Crippen LogP contribution < -0.4 is 5.73 Å². The molecular formula is C8H5ClF3N5S. The number of aromatic nitrogens is 4. The third-order valence-corrected chi connectivity index (χ3v) is 3.09. The summed E-state index contributed by atoms with van der Waals surface area (Å²) < 4.78 is 37.1. The molecule has 0 radical (unpaired) electrons. The Hall–Kier alpha value is -1.48. The highest BCUT2D eigenvalue weighted by atomic mass is 35.5. The summed E-state index contributed by atoms with van der Waals surface area (Å²) in [6, 6.07) is 0.799. The Morgan fingerprint density at radius 3 is 2.61 bits per heavy atom. The number of alkyl halides is 3. The summed E-state index contributed by atoms with van der Waals surface area (Å²) in [6.07, 6.45) is -3.78. The number of anilines is 1. The van der Waals surface area contributed by atoms with Crippen molar-refractivity contribution in [2.24, 2.45) is 0 Å². The number of halogens is 4. The van der Waals surface area contributed by atoms with E-state index in [1.165, 1.54) is 0 Å². The lowest BCUT2D eigenvalue weighted by atomic mass is 10.3. The van der Waals surface area contributed by atoms with Crippen LogP contribution in [0, 0.1) is 0 Å². The van der Waals surface area contributed by atoms with E-state index in [0.29, 0.717) is 6.20 Å². The van der Waals surface area contributed by atoms with Crippen molar-refractivity contribution in [1.82, 2.24) is 20.2 Å². The lowest BCUT2D eigenvalue weighted by Crippen LogP contribution is -2.05. The minimum Gasteiger partial charge on any atom is -0.368 e. The molecule has 2 rings (SSSR count). The van der Waals surface area contributed by atoms with Gasteiger partial charge in [0.2, 0.25) is 11.1 Å². The van der Waals surface area contributed by atoms with Crippen LogP contribution in [0.15, 0.2) is 22.4 Å². The lowest BCUT2D eigenvalue weighted by Gasteiger charge is -2.07. The number of nitrogens with zero attached hydrogens (tertiary/aromatic N) is 3. The molecular weight excluding hydrogens is 291 g/mol. The number of rotatable bonds is 2. The van der Waals surface area contributed by atoms with Crippen LogP contribution in [0.4, 0.5) is 19.1 Å². The Labute approximate surface area is 108 Å². The molecule has 0 spiro atoms. The number of aromatic amines is 1. The number of H-pyrrole nitrogens is 1. The van der Waals surface area contributed by atoms with E-state index >= 15 is 0 Å². The smallest absolute Gasteiger partial charge is 0.368 e. The van der Waals surface area contributed by atoms with Gasteiger partial charge in [0.1, 0.15) is 5.03 Å². The van der Waals surface area contributed by atoms with Gasteiger partial charge < -0.3 is 5.73 Å². The molecule has 3 N–H and O–H groups in total. The highest BCUT2D eigenvalue weighted by Crippen LogP contribution is 2.35. The molecule has 10 heteroatoms. The van der Waals surface area contributed by atoms with Gasteiger partial charge in [-0.2, -0.15) is 18.2 Å². The molecule has 5 nitrogen and oxygen atoms in total. The number of nitrogen functional groups attached to an aromatic ring is 1. The largest absolute Gasteiger partial charge is 0.417 e. The van der Waals surface area contributed by atoms with E-state index in [9.17, 15) is 13.2 Å². The molecule has 0 saturated heterocycles. The molecule has 0 saturated carbocycles. The molecule has 0 aromatic carbocycles. The summed E-state index contributed by atoms with van der Waals surface area (Å²) in [5.41, 5.74) is 4.40. The van der Waals surface area contributed by atoms with Crippen LogP contribution in [0.25, 0.3) is 0 Å². The second-order valence-corrected chi connectivity index (χ2v) is 4.48. The maximum atomic E-state index is 12.4. The first kappa shape index (κ1) is 13.0. The normalized spacial score (nSPS) is 11.8. The Morgan fingerprint density at radius 2 is 2.11 bits per heavy atom. The van der Waals surface area contributed by atoms with E-state index in [0.717, 1.165) is 17.8 Å². The maximum absolute atomic E-state index is 12.4. The average Bonchev–Trinajstić information content (AvgIpc) is 2.65. The van der Waals surface area contributed by atoms with Gasteiger partial charge in [-0.25, -0.2) is 10.1 Å². The summed E-state index contributed by atoms with van der Waals surface area (Å²) in [4.78, 5) is 7.40. The van der Waals surface area contributed by atoms with Gasteiger partial charge in [-0.05, 0) is 17.8 Å². The van der Waals surface area contributed by atoms with Crippen LogP contribution in [-0.4, -0.2) is 20.2 Å².